The third-order valence-electron chi connectivity index (χ3n) is 2.97. The monoisotopic (exact) mass is 311 g/mol. The van der Waals surface area contributed by atoms with E-state index in [1.807, 2.05) is 0 Å². The largest absolute Gasteiger partial charge is 0.479 e. The summed E-state index contributed by atoms with van der Waals surface area (Å²) >= 11 is 0. The van der Waals surface area contributed by atoms with E-state index in [1.165, 1.54) is 0 Å². The van der Waals surface area contributed by atoms with Crippen molar-refractivity contribution in [2.75, 3.05) is 6.61 Å². The van der Waals surface area contributed by atoms with Crippen molar-refractivity contribution in [3.63, 3.8) is 0 Å². The average Bonchev–Trinajstić information content (AvgIpc) is 2.57. The Morgan fingerprint density at radius 1 is 1.04 bits per heavy atom. The third kappa shape index (κ3) is 4.75. The Morgan fingerprint density at radius 3 is 2.09 bits per heavy atom. The van der Waals surface area contributed by atoms with Crippen molar-refractivity contribution in [1.82, 2.24) is 0 Å². The Kier molecular flexibility index (Phi) is 5.59. The van der Waals surface area contributed by atoms with Crippen LogP contribution in [0.3, 0.4) is 0 Å². The van der Waals surface area contributed by atoms with Gasteiger partial charge in [-0.05, 0) is 62.4 Å². The van der Waals surface area contributed by atoms with Crippen LogP contribution in [0.5, 0.6) is 17.2 Å². The molecule has 0 aromatic heterocycles. The average molecular weight is 311 g/mol. The van der Waals surface area contributed by atoms with Gasteiger partial charge in [-0.15, -0.1) is 0 Å². The number of hydrogen-bond acceptors (Lipinski definition) is 5. The van der Waals surface area contributed by atoms with E-state index in [9.17, 15) is 4.79 Å². The molecule has 0 fully saturated rings. The molecule has 5 heteroatoms. The van der Waals surface area contributed by atoms with Gasteiger partial charge in [0.25, 0.3) is 0 Å². The number of carbonyl (C=O) groups excluding carboxylic acids is 1. The van der Waals surface area contributed by atoms with E-state index in [0.29, 0.717) is 29.4 Å². The van der Waals surface area contributed by atoms with Crippen LogP contribution in [-0.2, 0) is 9.53 Å². The molecule has 0 radical (unpaired) electrons. The van der Waals surface area contributed by atoms with E-state index in [2.05, 4.69) is 6.07 Å². The Hall–Kier alpha value is -3.00. The van der Waals surface area contributed by atoms with Crippen molar-refractivity contribution in [3.8, 4) is 23.3 Å². The maximum absolute atomic E-state index is 11.5. The summed E-state index contributed by atoms with van der Waals surface area (Å²) in [5.41, 5.74) is 0.578. The van der Waals surface area contributed by atoms with Crippen molar-refractivity contribution < 1.29 is 19.0 Å². The number of carbonyl (C=O) groups is 1. The molecule has 0 amide bonds. The Bertz CT molecular complexity index is 686. The molecular weight excluding hydrogens is 294 g/mol. The minimum Gasteiger partial charge on any atom is -0.479 e. The molecule has 0 heterocycles. The summed E-state index contributed by atoms with van der Waals surface area (Å²) in [5, 5.41) is 8.76. The molecule has 0 aliphatic heterocycles. The van der Waals surface area contributed by atoms with Gasteiger partial charge in [0.05, 0.1) is 18.2 Å². The van der Waals surface area contributed by atoms with E-state index in [-0.39, 0.29) is 0 Å². The number of nitriles is 1. The zero-order valence-corrected chi connectivity index (χ0v) is 13.0. The Balaban J connectivity index is 1.96. The molecule has 0 spiro atoms. The second-order valence-corrected chi connectivity index (χ2v) is 4.72. The smallest absolute Gasteiger partial charge is 0.347 e. The SMILES string of the molecule is CCOC(=O)C(C)Oc1ccc(Oc2ccc(C#N)cc2)cc1. The number of nitrogens with zero attached hydrogens (tertiary/aromatic N) is 1. The summed E-state index contributed by atoms with van der Waals surface area (Å²) in [6.07, 6.45) is -0.666. The second kappa shape index (κ2) is 7.85. The highest BCUT2D eigenvalue weighted by Gasteiger charge is 2.15. The molecule has 0 aliphatic carbocycles. The number of hydrogen-bond donors (Lipinski definition) is 0. The standard InChI is InChI=1S/C18H17NO4/c1-3-21-18(20)13(2)22-15-8-10-17(11-9-15)23-16-6-4-14(12-19)5-7-16/h4-11,13H,3H2,1-2H3. The fourth-order valence-corrected chi connectivity index (χ4v) is 1.83. The van der Waals surface area contributed by atoms with Crippen molar-refractivity contribution in [2.24, 2.45) is 0 Å². The summed E-state index contributed by atoms with van der Waals surface area (Å²) in [6.45, 7) is 3.71. The lowest BCUT2D eigenvalue weighted by atomic mass is 10.2. The summed E-state index contributed by atoms with van der Waals surface area (Å²) in [4.78, 5) is 11.5. The van der Waals surface area contributed by atoms with Gasteiger partial charge in [0.1, 0.15) is 17.2 Å². The fraction of sp³-hybridized carbons (Fsp3) is 0.222. The van der Waals surface area contributed by atoms with Crippen molar-refractivity contribution in [2.45, 2.75) is 20.0 Å². The molecule has 0 saturated heterocycles. The third-order valence-corrected chi connectivity index (χ3v) is 2.97. The van der Waals surface area contributed by atoms with Crippen LogP contribution in [0, 0.1) is 11.3 Å². The van der Waals surface area contributed by atoms with Gasteiger partial charge in [-0.1, -0.05) is 0 Å². The van der Waals surface area contributed by atoms with Crippen molar-refractivity contribution in [3.05, 3.63) is 54.1 Å². The highest BCUT2D eigenvalue weighted by atomic mass is 16.6. The maximum atomic E-state index is 11.5. The van der Waals surface area contributed by atoms with Gasteiger partial charge in [-0.2, -0.15) is 5.26 Å². The van der Waals surface area contributed by atoms with E-state index in [1.54, 1.807) is 62.4 Å². The Labute approximate surface area is 135 Å². The molecule has 2 aromatic rings. The van der Waals surface area contributed by atoms with E-state index < -0.39 is 12.1 Å². The molecule has 0 aliphatic rings. The van der Waals surface area contributed by atoms with Crippen molar-refractivity contribution in [1.29, 1.82) is 5.26 Å². The molecule has 23 heavy (non-hydrogen) atoms. The minimum atomic E-state index is -0.666. The summed E-state index contributed by atoms with van der Waals surface area (Å²) < 4.78 is 16.1. The Morgan fingerprint density at radius 2 is 1.57 bits per heavy atom. The second-order valence-electron chi connectivity index (χ2n) is 4.72. The number of rotatable bonds is 6. The van der Waals surface area contributed by atoms with Crippen LogP contribution in [0.1, 0.15) is 19.4 Å². The van der Waals surface area contributed by atoms with Crippen LogP contribution >= 0.6 is 0 Å². The minimum absolute atomic E-state index is 0.323. The van der Waals surface area contributed by atoms with Crippen LogP contribution in [0.4, 0.5) is 0 Å². The van der Waals surface area contributed by atoms with E-state index >= 15 is 0 Å². The highest BCUT2D eigenvalue weighted by Crippen LogP contribution is 2.24. The zero-order valence-electron chi connectivity index (χ0n) is 13.0. The topological polar surface area (TPSA) is 68.6 Å². The van der Waals surface area contributed by atoms with Gasteiger partial charge in [0, 0.05) is 0 Å². The first-order chi connectivity index (χ1) is 11.1. The highest BCUT2D eigenvalue weighted by molar-refractivity contribution is 5.74. The lowest BCUT2D eigenvalue weighted by Gasteiger charge is -2.13. The summed E-state index contributed by atoms with van der Waals surface area (Å²) in [6, 6.07) is 15.8. The van der Waals surface area contributed by atoms with Gasteiger partial charge in [-0.25, -0.2) is 4.79 Å². The zero-order chi connectivity index (χ0) is 16.7. The predicted octanol–water partition coefficient (Wildman–Crippen LogP) is 3.68. The van der Waals surface area contributed by atoms with Gasteiger partial charge in [-0.3, -0.25) is 0 Å². The fourth-order valence-electron chi connectivity index (χ4n) is 1.83. The molecule has 2 rings (SSSR count). The predicted molar refractivity (Wildman–Crippen MR) is 84.4 cm³/mol. The molecule has 118 valence electrons. The summed E-state index contributed by atoms with van der Waals surface area (Å²) in [5.74, 6) is 1.42. The van der Waals surface area contributed by atoms with E-state index in [0.717, 1.165) is 0 Å². The number of ether oxygens (including phenoxy) is 3. The number of benzene rings is 2. The van der Waals surface area contributed by atoms with Crippen LogP contribution in [0.15, 0.2) is 48.5 Å². The molecule has 0 bridgehead atoms. The van der Waals surface area contributed by atoms with Crippen molar-refractivity contribution >= 4 is 5.97 Å². The van der Waals surface area contributed by atoms with Gasteiger partial charge < -0.3 is 14.2 Å². The first-order valence-electron chi connectivity index (χ1n) is 7.23. The maximum Gasteiger partial charge on any atom is 0.347 e. The van der Waals surface area contributed by atoms with Gasteiger partial charge in [0.15, 0.2) is 6.10 Å². The molecule has 2 aromatic carbocycles. The van der Waals surface area contributed by atoms with Crippen LogP contribution < -0.4 is 9.47 Å². The molecule has 0 N–H and O–H groups in total. The summed E-state index contributed by atoms with van der Waals surface area (Å²) in [7, 11) is 0. The molecule has 1 unspecified atom stereocenters. The number of esters is 1. The van der Waals surface area contributed by atoms with Crippen LogP contribution in [-0.4, -0.2) is 18.7 Å². The normalized spacial score (nSPS) is 11.2. The molecule has 0 saturated carbocycles. The van der Waals surface area contributed by atoms with E-state index in [4.69, 9.17) is 19.5 Å². The van der Waals surface area contributed by atoms with Gasteiger partial charge >= 0.3 is 5.97 Å². The van der Waals surface area contributed by atoms with Crippen LogP contribution in [0.25, 0.3) is 0 Å². The van der Waals surface area contributed by atoms with Crippen LogP contribution in [0.2, 0.25) is 0 Å². The molecule has 5 nitrogen and oxygen atoms in total. The molecule has 1 atom stereocenters. The first-order valence-corrected chi connectivity index (χ1v) is 7.23. The lowest BCUT2D eigenvalue weighted by molar-refractivity contribution is -0.150. The first kappa shape index (κ1) is 16.4. The quantitative estimate of drug-likeness (QED) is 0.761. The lowest BCUT2D eigenvalue weighted by Crippen LogP contribution is -2.25. The van der Waals surface area contributed by atoms with Gasteiger partial charge in [0.2, 0.25) is 0 Å². The molecular formula is C18H17NO4.